The fourth-order valence-electron chi connectivity index (χ4n) is 8.47. The molecule has 4 rings (SSSR count). The Bertz CT molecular complexity index is 654. The van der Waals surface area contributed by atoms with Crippen LogP contribution in [0.25, 0.3) is 0 Å². The van der Waals surface area contributed by atoms with Crippen molar-refractivity contribution < 1.29 is 14.6 Å². The highest BCUT2D eigenvalue weighted by molar-refractivity contribution is 5.69. The minimum Gasteiger partial charge on any atom is -0.466 e. The second kappa shape index (κ2) is 8.02. The fourth-order valence-corrected chi connectivity index (χ4v) is 8.47. The van der Waals surface area contributed by atoms with E-state index in [1.165, 1.54) is 44.9 Å². The summed E-state index contributed by atoms with van der Waals surface area (Å²) in [5, 5.41) is 10.2. The molecule has 0 amide bonds. The monoisotopic (exact) mass is 402 g/mol. The maximum Gasteiger partial charge on any atom is 0.305 e. The molecule has 0 heterocycles. The standard InChI is InChI=1S/C26H42O3/c1-5-29-24(28)11-6-17(2)21-9-10-22-20-8-7-18-16-19(27)12-14-25(18,3)23(20)13-15-26(21,22)4/h16-17,19-23,27H,5-15H2,1-4H3/t17?,19?,20?,21?,22?,23?,25-,26+/m0/s1. The topological polar surface area (TPSA) is 46.5 Å². The zero-order chi connectivity index (χ0) is 20.8. The molecule has 8 atom stereocenters. The highest BCUT2D eigenvalue weighted by Crippen LogP contribution is 2.67. The van der Waals surface area contributed by atoms with Crippen LogP contribution in [0.4, 0.5) is 0 Å². The summed E-state index contributed by atoms with van der Waals surface area (Å²) in [5.41, 5.74) is 2.34. The van der Waals surface area contributed by atoms with Gasteiger partial charge in [-0.05, 0) is 105 Å². The van der Waals surface area contributed by atoms with Gasteiger partial charge in [-0.25, -0.2) is 0 Å². The zero-order valence-corrected chi connectivity index (χ0v) is 19.1. The number of esters is 1. The summed E-state index contributed by atoms with van der Waals surface area (Å²) in [6, 6.07) is 0. The lowest BCUT2D eigenvalue weighted by Crippen LogP contribution is -2.51. The van der Waals surface area contributed by atoms with Gasteiger partial charge in [-0.3, -0.25) is 4.79 Å². The van der Waals surface area contributed by atoms with E-state index < -0.39 is 0 Å². The maximum absolute atomic E-state index is 11.9. The van der Waals surface area contributed by atoms with Gasteiger partial charge in [0.1, 0.15) is 0 Å². The van der Waals surface area contributed by atoms with E-state index in [4.69, 9.17) is 4.74 Å². The van der Waals surface area contributed by atoms with E-state index in [1.807, 2.05) is 6.92 Å². The normalized spacial score (nSPS) is 44.9. The molecule has 3 heteroatoms. The lowest BCUT2D eigenvalue weighted by Gasteiger charge is -2.59. The molecular formula is C26H42O3. The van der Waals surface area contributed by atoms with Gasteiger partial charge in [0, 0.05) is 6.42 Å². The summed E-state index contributed by atoms with van der Waals surface area (Å²) in [4.78, 5) is 11.9. The Morgan fingerprint density at radius 2 is 1.97 bits per heavy atom. The van der Waals surface area contributed by atoms with Crippen LogP contribution in [0.15, 0.2) is 11.6 Å². The molecule has 6 unspecified atom stereocenters. The van der Waals surface area contributed by atoms with Crippen LogP contribution in [0.3, 0.4) is 0 Å². The molecule has 0 aliphatic heterocycles. The molecule has 1 N–H and O–H groups in total. The smallest absolute Gasteiger partial charge is 0.305 e. The Labute approximate surface area is 177 Å². The first-order valence-electron chi connectivity index (χ1n) is 12.3. The Kier molecular flexibility index (Phi) is 5.92. The van der Waals surface area contributed by atoms with Gasteiger partial charge < -0.3 is 9.84 Å². The fraction of sp³-hybridized carbons (Fsp3) is 0.885. The molecule has 29 heavy (non-hydrogen) atoms. The van der Waals surface area contributed by atoms with E-state index in [0.717, 1.165) is 36.5 Å². The maximum atomic E-state index is 11.9. The summed E-state index contributed by atoms with van der Waals surface area (Å²) < 4.78 is 5.16. The molecule has 0 aromatic heterocycles. The van der Waals surface area contributed by atoms with Gasteiger partial charge in [0.25, 0.3) is 0 Å². The van der Waals surface area contributed by atoms with Crippen molar-refractivity contribution in [3.8, 4) is 0 Å². The molecule has 0 aromatic rings. The lowest BCUT2D eigenvalue weighted by molar-refractivity contribution is -0.143. The van der Waals surface area contributed by atoms with Crippen LogP contribution in [0.5, 0.6) is 0 Å². The van der Waals surface area contributed by atoms with Crippen LogP contribution in [0.2, 0.25) is 0 Å². The number of fused-ring (bicyclic) bond motifs is 5. The van der Waals surface area contributed by atoms with E-state index in [0.29, 0.717) is 29.8 Å². The predicted molar refractivity (Wildman–Crippen MR) is 116 cm³/mol. The molecule has 3 fully saturated rings. The van der Waals surface area contributed by atoms with E-state index in [9.17, 15) is 9.90 Å². The van der Waals surface area contributed by atoms with E-state index in [1.54, 1.807) is 5.57 Å². The summed E-state index contributed by atoms with van der Waals surface area (Å²) in [6.45, 7) is 9.87. The second-order valence-corrected chi connectivity index (χ2v) is 11.2. The molecular weight excluding hydrogens is 360 g/mol. The van der Waals surface area contributed by atoms with Crippen molar-refractivity contribution in [1.29, 1.82) is 0 Å². The molecule has 4 aliphatic carbocycles. The van der Waals surface area contributed by atoms with Gasteiger partial charge >= 0.3 is 5.97 Å². The van der Waals surface area contributed by atoms with Gasteiger partial charge in [-0.2, -0.15) is 0 Å². The van der Waals surface area contributed by atoms with Crippen LogP contribution >= 0.6 is 0 Å². The van der Waals surface area contributed by atoms with Crippen LogP contribution in [-0.2, 0) is 9.53 Å². The summed E-state index contributed by atoms with van der Waals surface area (Å²) in [7, 11) is 0. The zero-order valence-electron chi connectivity index (χ0n) is 19.1. The van der Waals surface area contributed by atoms with Crippen molar-refractivity contribution in [1.82, 2.24) is 0 Å². The van der Waals surface area contributed by atoms with Crippen molar-refractivity contribution in [2.24, 2.45) is 40.4 Å². The van der Waals surface area contributed by atoms with Crippen molar-refractivity contribution in [3.63, 3.8) is 0 Å². The number of carbonyl (C=O) groups excluding carboxylic acids is 1. The molecule has 0 spiro atoms. The Hall–Kier alpha value is -0.830. The van der Waals surface area contributed by atoms with Gasteiger partial charge in [-0.15, -0.1) is 0 Å². The first-order chi connectivity index (χ1) is 13.8. The summed E-state index contributed by atoms with van der Waals surface area (Å²) in [5.74, 6) is 3.84. The minimum absolute atomic E-state index is 0.0261. The van der Waals surface area contributed by atoms with Gasteiger partial charge in [0.15, 0.2) is 0 Å². The molecule has 0 radical (unpaired) electrons. The largest absolute Gasteiger partial charge is 0.466 e. The third-order valence-electron chi connectivity index (χ3n) is 9.96. The SMILES string of the molecule is CCOC(=O)CCC(C)C1CCC2C3CCC4=CC(O)CC[C@]4(C)C3CC[C@]12C. The average molecular weight is 403 g/mol. The quantitative estimate of drug-likeness (QED) is 0.459. The first kappa shape index (κ1) is 21.4. The number of hydrogen-bond donors (Lipinski definition) is 1. The van der Waals surface area contributed by atoms with Gasteiger partial charge in [0.05, 0.1) is 12.7 Å². The van der Waals surface area contributed by atoms with Crippen LogP contribution in [0.1, 0.15) is 91.9 Å². The highest BCUT2D eigenvalue weighted by Gasteiger charge is 2.59. The number of aliphatic hydroxyl groups excluding tert-OH is 1. The first-order valence-corrected chi connectivity index (χ1v) is 12.3. The molecule has 0 saturated heterocycles. The molecule has 3 nitrogen and oxygen atoms in total. The van der Waals surface area contributed by atoms with Crippen LogP contribution in [-0.4, -0.2) is 23.8 Å². The average Bonchev–Trinajstić information content (AvgIpc) is 3.04. The molecule has 0 bridgehead atoms. The van der Waals surface area contributed by atoms with Crippen LogP contribution in [0, 0.1) is 40.4 Å². The number of rotatable bonds is 5. The van der Waals surface area contributed by atoms with Crippen molar-refractivity contribution in [2.45, 2.75) is 98.0 Å². The molecule has 164 valence electrons. The molecule has 3 saturated carbocycles. The van der Waals surface area contributed by atoms with Crippen molar-refractivity contribution in [2.75, 3.05) is 6.61 Å². The van der Waals surface area contributed by atoms with E-state index in [2.05, 4.69) is 26.8 Å². The third kappa shape index (κ3) is 3.60. The van der Waals surface area contributed by atoms with Crippen molar-refractivity contribution in [3.05, 3.63) is 11.6 Å². The number of allylic oxidation sites excluding steroid dienone is 1. The predicted octanol–water partition coefficient (Wildman–Crippen LogP) is 5.91. The van der Waals surface area contributed by atoms with Gasteiger partial charge in [0.2, 0.25) is 0 Å². The Balaban J connectivity index is 1.47. The highest BCUT2D eigenvalue weighted by atomic mass is 16.5. The Morgan fingerprint density at radius 1 is 1.17 bits per heavy atom. The second-order valence-electron chi connectivity index (χ2n) is 11.2. The van der Waals surface area contributed by atoms with Crippen LogP contribution < -0.4 is 0 Å². The number of aliphatic hydroxyl groups is 1. The van der Waals surface area contributed by atoms with E-state index in [-0.39, 0.29) is 12.1 Å². The Morgan fingerprint density at radius 3 is 2.72 bits per heavy atom. The number of hydrogen-bond acceptors (Lipinski definition) is 3. The van der Waals surface area contributed by atoms with E-state index >= 15 is 0 Å². The van der Waals surface area contributed by atoms with Gasteiger partial charge in [-0.1, -0.05) is 32.4 Å². The summed E-state index contributed by atoms with van der Waals surface area (Å²) >= 11 is 0. The third-order valence-corrected chi connectivity index (χ3v) is 9.96. The minimum atomic E-state index is -0.209. The van der Waals surface area contributed by atoms with Crippen molar-refractivity contribution >= 4 is 5.97 Å². The molecule has 4 aliphatic rings. The number of carbonyl (C=O) groups is 1. The lowest BCUT2D eigenvalue weighted by atomic mass is 9.46. The summed E-state index contributed by atoms with van der Waals surface area (Å²) in [6.07, 6.45) is 13.6. The number of ether oxygens (including phenoxy) is 1. The molecule has 0 aromatic carbocycles.